The highest BCUT2D eigenvalue weighted by Crippen LogP contribution is 2.28. The van der Waals surface area contributed by atoms with Crippen molar-refractivity contribution in [1.82, 2.24) is 10.6 Å². The van der Waals surface area contributed by atoms with E-state index in [9.17, 15) is 13.2 Å². The molecule has 0 radical (unpaired) electrons. The molecule has 1 fully saturated rings. The summed E-state index contributed by atoms with van der Waals surface area (Å²) in [6, 6.07) is 0. The van der Waals surface area contributed by atoms with Crippen LogP contribution in [-0.2, 0) is 0 Å². The average Bonchev–Trinajstić information content (AvgIpc) is 2.88. The van der Waals surface area contributed by atoms with Gasteiger partial charge in [-0.3, -0.25) is 4.99 Å². The number of aliphatic imine (C=N–C) groups is 1. The number of guanidine groups is 1. The standard InChI is InChI=1S/C14H26F3N3.HI/c1-18-13(20-11-9-14(15,16)17)19-10-5-4-8-12-6-2-3-7-12;/h12H,2-11H2,1H3,(H2,18,19,20);1H. The van der Waals surface area contributed by atoms with E-state index in [1.807, 2.05) is 0 Å². The Balaban J connectivity index is 0.00000400. The number of nitrogens with zero attached hydrogens (tertiary/aromatic N) is 1. The normalized spacial score (nSPS) is 16.7. The van der Waals surface area contributed by atoms with E-state index >= 15 is 0 Å². The first-order valence-electron chi connectivity index (χ1n) is 7.52. The van der Waals surface area contributed by atoms with Gasteiger partial charge in [0.05, 0.1) is 6.42 Å². The minimum absolute atomic E-state index is 0. The fraction of sp³-hybridized carbons (Fsp3) is 0.929. The Morgan fingerprint density at radius 2 is 1.71 bits per heavy atom. The lowest BCUT2D eigenvalue weighted by Gasteiger charge is -2.13. The van der Waals surface area contributed by atoms with Crippen molar-refractivity contribution in [3.05, 3.63) is 0 Å². The second kappa shape index (κ2) is 11.4. The van der Waals surface area contributed by atoms with Gasteiger partial charge in [-0.1, -0.05) is 38.5 Å². The van der Waals surface area contributed by atoms with Gasteiger partial charge in [-0.05, 0) is 12.3 Å². The second-order valence-electron chi connectivity index (χ2n) is 5.44. The van der Waals surface area contributed by atoms with E-state index in [-0.39, 0.29) is 30.5 Å². The summed E-state index contributed by atoms with van der Waals surface area (Å²) in [6.07, 6.45) is 4.03. The van der Waals surface area contributed by atoms with Crippen LogP contribution in [0.2, 0.25) is 0 Å². The summed E-state index contributed by atoms with van der Waals surface area (Å²) in [7, 11) is 1.57. The molecule has 0 aliphatic heterocycles. The quantitative estimate of drug-likeness (QED) is 0.281. The van der Waals surface area contributed by atoms with Crippen LogP contribution in [0.4, 0.5) is 13.2 Å². The van der Waals surface area contributed by atoms with Gasteiger partial charge in [0.25, 0.3) is 0 Å². The van der Waals surface area contributed by atoms with E-state index < -0.39 is 12.6 Å². The zero-order valence-corrected chi connectivity index (χ0v) is 15.0. The third-order valence-electron chi connectivity index (χ3n) is 3.73. The predicted octanol–water partition coefficient (Wildman–Crippen LogP) is 4.08. The highest BCUT2D eigenvalue weighted by atomic mass is 127. The molecule has 0 spiro atoms. The molecule has 0 heterocycles. The van der Waals surface area contributed by atoms with E-state index in [2.05, 4.69) is 15.6 Å². The molecule has 0 unspecified atom stereocenters. The highest BCUT2D eigenvalue weighted by molar-refractivity contribution is 14.0. The van der Waals surface area contributed by atoms with Crippen molar-refractivity contribution >= 4 is 29.9 Å². The Morgan fingerprint density at radius 1 is 1.10 bits per heavy atom. The van der Waals surface area contributed by atoms with Crippen LogP contribution in [0, 0.1) is 5.92 Å². The van der Waals surface area contributed by atoms with E-state index in [0.717, 1.165) is 18.9 Å². The first-order chi connectivity index (χ1) is 9.51. The third-order valence-corrected chi connectivity index (χ3v) is 3.73. The molecule has 1 saturated carbocycles. The van der Waals surface area contributed by atoms with Crippen molar-refractivity contribution in [1.29, 1.82) is 0 Å². The average molecular weight is 421 g/mol. The molecule has 0 aromatic rings. The molecule has 0 saturated heterocycles. The molecule has 126 valence electrons. The van der Waals surface area contributed by atoms with Crippen LogP contribution in [0.15, 0.2) is 4.99 Å². The van der Waals surface area contributed by atoms with Crippen LogP contribution in [0.1, 0.15) is 51.4 Å². The summed E-state index contributed by atoms with van der Waals surface area (Å²) in [5.74, 6) is 1.36. The first-order valence-corrected chi connectivity index (χ1v) is 7.52. The molecule has 3 nitrogen and oxygen atoms in total. The lowest BCUT2D eigenvalue weighted by atomic mass is 10.0. The number of alkyl halides is 3. The van der Waals surface area contributed by atoms with Crippen molar-refractivity contribution in [2.75, 3.05) is 20.1 Å². The molecular weight excluding hydrogens is 394 g/mol. The number of hydrogen-bond acceptors (Lipinski definition) is 1. The van der Waals surface area contributed by atoms with Crippen molar-refractivity contribution in [3.63, 3.8) is 0 Å². The molecular formula is C14H27F3IN3. The Hall–Kier alpha value is -0.210. The van der Waals surface area contributed by atoms with E-state index in [0.29, 0.717) is 5.96 Å². The SMILES string of the molecule is CN=C(NCCCCC1CCCC1)NCCC(F)(F)F.I. The topological polar surface area (TPSA) is 36.4 Å². The molecule has 0 aromatic heterocycles. The summed E-state index contributed by atoms with van der Waals surface area (Å²) in [5, 5.41) is 5.73. The molecule has 2 N–H and O–H groups in total. The molecule has 0 bridgehead atoms. The molecule has 21 heavy (non-hydrogen) atoms. The monoisotopic (exact) mass is 421 g/mol. The largest absolute Gasteiger partial charge is 0.390 e. The summed E-state index contributed by atoms with van der Waals surface area (Å²) >= 11 is 0. The van der Waals surface area contributed by atoms with Crippen LogP contribution in [0.5, 0.6) is 0 Å². The van der Waals surface area contributed by atoms with Gasteiger partial charge in [0.2, 0.25) is 0 Å². The maximum Gasteiger partial charge on any atom is 0.390 e. The zero-order valence-electron chi connectivity index (χ0n) is 12.6. The molecule has 0 aromatic carbocycles. The lowest BCUT2D eigenvalue weighted by molar-refractivity contribution is -0.132. The lowest BCUT2D eigenvalue weighted by Crippen LogP contribution is -2.39. The van der Waals surface area contributed by atoms with Crippen molar-refractivity contribution in [3.8, 4) is 0 Å². The Labute approximate surface area is 142 Å². The van der Waals surface area contributed by atoms with Gasteiger partial charge in [-0.15, -0.1) is 24.0 Å². The van der Waals surface area contributed by atoms with Gasteiger partial charge < -0.3 is 10.6 Å². The van der Waals surface area contributed by atoms with Crippen LogP contribution in [0.25, 0.3) is 0 Å². The predicted molar refractivity (Wildman–Crippen MR) is 91.3 cm³/mol. The van der Waals surface area contributed by atoms with E-state index in [1.54, 1.807) is 7.05 Å². The molecule has 0 atom stereocenters. The molecule has 1 aliphatic carbocycles. The van der Waals surface area contributed by atoms with Gasteiger partial charge in [-0.2, -0.15) is 13.2 Å². The fourth-order valence-electron chi connectivity index (χ4n) is 2.61. The second-order valence-corrected chi connectivity index (χ2v) is 5.44. The van der Waals surface area contributed by atoms with Gasteiger partial charge in [0, 0.05) is 20.1 Å². The summed E-state index contributed by atoms with van der Waals surface area (Å²) in [5.41, 5.74) is 0. The van der Waals surface area contributed by atoms with Gasteiger partial charge in [0.15, 0.2) is 5.96 Å². The number of nitrogens with one attached hydrogen (secondary N) is 2. The van der Waals surface area contributed by atoms with E-state index in [1.165, 1.54) is 38.5 Å². The van der Waals surface area contributed by atoms with Gasteiger partial charge >= 0.3 is 6.18 Å². The summed E-state index contributed by atoms with van der Waals surface area (Å²) < 4.78 is 36.0. The first kappa shape index (κ1) is 20.8. The maximum absolute atomic E-state index is 12.0. The summed E-state index contributed by atoms with van der Waals surface area (Å²) in [4.78, 5) is 3.91. The minimum Gasteiger partial charge on any atom is -0.356 e. The van der Waals surface area contributed by atoms with Crippen LogP contribution in [-0.4, -0.2) is 32.3 Å². The molecule has 1 aliphatic rings. The highest BCUT2D eigenvalue weighted by Gasteiger charge is 2.26. The van der Waals surface area contributed by atoms with Crippen LogP contribution < -0.4 is 10.6 Å². The minimum atomic E-state index is -4.12. The molecule has 0 amide bonds. The number of unbranched alkanes of at least 4 members (excludes halogenated alkanes) is 1. The van der Waals surface area contributed by atoms with Crippen molar-refractivity contribution in [2.45, 2.75) is 57.5 Å². The number of rotatable bonds is 7. The maximum atomic E-state index is 12.0. The Morgan fingerprint density at radius 3 is 2.29 bits per heavy atom. The van der Waals surface area contributed by atoms with Crippen LogP contribution >= 0.6 is 24.0 Å². The summed E-state index contributed by atoms with van der Waals surface area (Å²) in [6.45, 7) is 0.629. The third kappa shape index (κ3) is 11.1. The molecule has 7 heteroatoms. The van der Waals surface area contributed by atoms with Gasteiger partial charge in [0.1, 0.15) is 0 Å². The zero-order chi connectivity index (χ0) is 14.8. The molecule has 1 rings (SSSR count). The fourth-order valence-corrected chi connectivity index (χ4v) is 2.61. The Bertz CT molecular complexity index is 290. The van der Waals surface area contributed by atoms with E-state index in [4.69, 9.17) is 0 Å². The van der Waals surface area contributed by atoms with Gasteiger partial charge in [-0.25, -0.2) is 0 Å². The number of hydrogen-bond donors (Lipinski definition) is 2. The number of halogens is 4. The van der Waals surface area contributed by atoms with Crippen molar-refractivity contribution in [2.24, 2.45) is 10.9 Å². The van der Waals surface area contributed by atoms with Crippen molar-refractivity contribution < 1.29 is 13.2 Å². The Kier molecular flexibility index (Phi) is 11.3. The van der Waals surface area contributed by atoms with Crippen LogP contribution in [0.3, 0.4) is 0 Å². The smallest absolute Gasteiger partial charge is 0.356 e.